The van der Waals surface area contributed by atoms with Crippen LogP contribution >= 0.6 is 11.6 Å². The number of halogens is 2. The van der Waals surface area contributed by atoms with Crippen LogP contribution in [0.3, 0.4) is 0 Å². The SMILES string of the molecule is CCCNCc1cc(F)ccc1OCc1ccc(Cl)cc1. The van der Waals surface area contributed by atoms with Crippen molar-refractivity contribution in [2.75, 3.05) is 6.54 Å². The molecule has 112 valence electrons. The molecule has 0 amide bonds. The Labute approximate surface area is 129 Å². The maximum absolute atomic E-state index is 13.4. The summed E-state index contributed by atoms with van der Waals surface area (Å²) in [7, 11) is 0. The van der Waals surface area contributed by atoms with E-state index in [-0.39, 0.29) is 5.82 Å². The average molecular weight is 308 g/mol. The first-order chi connectivity index (χ1) is 10.2. The summed E-state index contributed by atoms with van der Waals surface area (Å²) in [5.74, 6) is 0.456. The van der Waals surface area contributed by atoms with Gasteiger partial charge < -0.3 is 10.1 Å². The molecule has 2 aromatic rings. The molecule has 0 aliphatic rings. The van der Waals surface area contributed by atoms with Crippen LogP contribution in [0.2, 0.25) is 5.02 Å². The Bertz CT molecular complexity index is 572. The van der Waals surface area contributed by atoms with Crippen LogP contribution in [0, 0.1) is 5.82 Å². The Morgan fingerprint density at radius 3 is 2.62 bits per heavy atom. The lowest BCUT2D eigenvalue weighted by Crippen LogP contribution is -2.15. The van der Waals surface area contributed by atoms with Crippen LogP contribution in [-0.2, 0) is 13.2 Å². The van der Waals surface area contributed by atoms with Crippen molar-refractivity contribution < 1.29 is 9.13 Å². The van der Waals surface area contributed by atoms with E-state index in [1.807, 2.05) is 24.3 Å². The zero-order chi connectivity index (χ0) is 15.1. The Kier molecular flexibility index (Phi) is 6.03. The molecule has 0 radical (unpaired) electrons. The maximum Gasteiger partial charge on any atom is 0.124 e. The first-order valence-electron chi connectivity index (χ1n) is 7.05. The Morgan fingerprint density at radius 2 is 1.90 bits per heavy atom. The largest absolute Gasteiger partial charge is 0.489 e. The maximum atomic E-state index is 13.4. The molecule has 21 heavy (non-hydrogen) atoms. The lowest BCUT2D eigenvalue weighted by Gasteiger charge is -2.12. The lowest BCUT2D eigenvalue weighted by atomic mass is 10.2. The fourth-order valence-corrected chi connectivity index (χ4v) is 2.09. The van der Waals surface area contributed by atoms with Crippen LogP contribution in [0.25, 0.3) is 0 Å². The third-order valence-corrected chi connectivity index (χ3v) is 3.32. The minimum absolute atomic E-state index is 0.248. The third kappa shape index (κ3) is 5.03. The van der Waals surface area contributed by atoms with Gasteiger partial charge >= 0.3 is 0 Å². The molecule has 0 saturated heterocycles. The van der Waals surface area contributed by atoms with Gasteiger partial charge in [0.15, 0.2) is 0 Å². The van der Waals surface area contributed by atoms with Crippen LogP contribution in [-0.4, -0.2) is 6.54 Å². The van der Waals surface area contributed by atoms with Gasteiger partial charge in [0, 0.05) is 17.1 Å². The molecule has 4 heteroatoms. The van der Waals surface area contributed by atoms with Gasteiger partial charge in [-0.15, -0.1) is 0 Å². The molecule has 0 atom stereocenters. The molecule has 2 nitrogen and oxygen atoms in total. The summed E-state index contributed by atoms with van der Waals surface area (Å²) in [6, 6.07) is 12.1. The van der Waals surface area contributed by atoms with Gasteiger partial charge in [-0.2, -0.15) is 0 Å². The molecule has 0 unspecified atom stereocenters. The Balaban J connectivity index is 2.02. The molecule has 0 spiro atoms. The van der Waals surface area contributed by atoms with Crippen molar-refractivity contribution in [3.05, 3.63) is 64.4 Å². The van der Waals surface area contributed by atoms with Gasteiger partial charge in [-0.3, -0.25) is 0 Å². The van der Waals surface area contributed by atoms with Crippen molar-refractivity contribution in [2.45, 2.75) is 26.5 Å². The van der Waals surface area contributed by atoms with Crippen LogP contribution in [0.15, 0.2) is 42.5 Å². The van der Waals surface area contributed by atoms with Gasteiger partial charge in [0.05, 0.1) is 0 Å². The van der Waals surface area contributed by atoms with E-state index in [1.165, 1.54) is 12.1 Å². The highest BCUT2D eigenvalue weighted by molar-refractivity contribution is 6.30. The van der Waals surface area contributed by atoms with Gasteiger partial charge in [0.2, 0.25) is 0 Å². The van der Waals surface area contributed by atoms with E-state index >= 15 is 0 Å². The van der Waals surface area contributed by atoms with Crippen LogP contribution in [0.1, 0.15) is 24.5 Å². The summed E-state index contributed by atoms with van der Waals surface area (Å²) in [4.78, 5) is 0. The fraction of sp³-hybridized carbons (Fsp3) is 0.294. The van der Waals surface area contributed by atoms with Crippen molar-refractivity contribution in [2.24, 2.45) is 0 Å². The Morgan fingerprint density at radius 1 is 1.14 bits per heavy atom. The van der Waals surface area contributed by atoms with E-state index in [0.29, 0.717) is 23.9 Å². The van der Waals surface area contributed by atoms with Crippen LogP contribution in [0.4, 0.5) is 4.39 Å². The molecular weight excluding hydrogens is 289 g/mol. The number of ether oxygens (including phenoxy) is 1. The molecule has 0 fully saturated rings. The second kappa shape index (κ2) is 8.01. The van der Waals surface area contributed by atoms with Crippen LogP contribution in [0.5, 0.6) is 5.75 Å². The number of benzene rings is 2. The average Bonchev–Trinajstić information content (AvgIpc) is 2.48. The summed E-state index contributed by atoms with van der Waals surface area (Å²) in [5.41, 5.74) is 1.86. The number of hydrogen-bond acceptors (Lipinski definition) is 2. The standard InChI is InChI=1S/C17H19ClFNO/c1-2-9-20-11-14-10-16(19)7-8-17(14)21-12-13-3-5-15(18)6-4-13/h3-8,10,20H,2,9,11-12H2,1H3. The minimum atomic E-state index is -0.248. The number of hydrogen-bond donors (Lipinski definition) is 1. The Hall–Kier alpha value is -1.58. The van der Waals surface area contributed by atoms with E-state index in [9.17, 15) is 4.39 Å². The smallest absolute Gasteiger partial charge is 0.124 e. The third-order valence-electron chi connectivity index (χ3n) is 3.07. The van der Waals surface area contributed by atoms with Crippen molar-refractivity contribution in [1.82, 2.24) is 5.32 Å². The van der Waals surface area contributed by atoms with Gasteiger partial charge in [-0.1, -0.05) is 30.7 Å². The van der Waals surface area contributed by atoms with Gasteiger partial charge in [0.25, 0.3) is 0 Å². The molecule has 2 aromatic carbocycles. The highest BCUT2D eigenvalue weighted by atomic mass is 35.5. The highest BCUT2D eigenvalue weighted by Crippen LogP contribution is 2.21. The zero-order valence-electron chi connectivity index (χ0n) is 12.0. The number of rotatable bonds is 7. The summed E-state index contributed by atoms with van der Waals surface area (Å²) >= 11 is 5.85. The molecule has 0 bridgehead atoms. The van der Waals surface area contributed by atoms with E-state index in [1.54, 1.807) is 6.07 Å². The van der Waals surface area contributed by atoms with E-state index < -0.39 is 0 Å². The summed E-state index contributed by atoms with van der Waals surface area (Å²) in [6.07, 6.45) is 1.04. The molecule has 0 saturated carbocycles. The van der Waals surface area contributed by atoms with Gasteiger partial charge in [-0.25, -0.2) is 4.39 Å². The predicted octanol–water partition coefficient (Wildman–Crippen LogP) is 4.56. The summed E-state index contributed by atoms with van der Waals surface area (Å²) in [5, 5.41) is 3.96. The van der Waals surface area contributed by atoms with Gasteiger partial charge in [0.1, 0.15) is 18.2 Å². The highest BCUT2D eigenvalue weighted by Gasteiger charge is 2.06. The van der Waals surface area contributed by atoms with Crippen molar-refractivity contribution in [3.8, 4) is 5.75 Å². The van der Waals surface area contributed by atoms with Crippen molar-refractivity contribution in [1.29, 1.82) is 0 Å². The predicted molar refractivity (Wildman–Crippen MR) is 84.2 cm³/mol. The van der Waals surface area contributed by atoms with Crippen molar-refractivity contribution in [3.63, 3.8) is 0 Å². The van der Waals surface area contributed by atoms with Crippen LogP contribution < -0.4 is 10.1 Å². The van der Waals surface area contributed by atoms with E-state index in [2.05, 4.69) is 12.2 Å². The fourth-order valence-electron chi connectivity index (χ4n) is 1.97. The topological polar surface area (TPSA) is 21.3 Å². The summed E-state index contributed by atoms with van der Waals surface area (Å²) < 4.78 is 19.2. The molecule has 2 rings (SSSR count). The summed E-state index contributed by atoms with van der Waals surface area (Å²) in [6.45, 7) is 4.02. The van der Waals surface area contributed by atoms with Crippen molar-refractivity contribution >= 4 is 11.6 Å². The monoisotopic (exact) mass is 307 g/mol. The lowest BCUT2D eigenvalue weighted by molar-refractivity contribution is 0.301. The van der Waals surface area contributed by atoms with E-state index in [4.69, 9.17) is 16.3 Å². The second-order valence-electron chi connectivity index (χ2n) is 4.84. The first-order valence-corrected chi connectivity index (χ1v) is 7.43. The first kappa shape index (κ1) is 15.8. The normalized spacial score (nSPS) is 10.6. The number of nitrogens with one attached hydrogen (secondary N) is 1. The quantitative estimate of drug-likeness (QED) is 0.757. The molecule has 1 N–H and O–H groups in total. The zero-order valence-corrected chi connectivity index (χ0v) is 12.8. The molecular formula is C17H19ClFNO. The second-order valence-corrected chi connectivity index (χ2v) is 5.28. The molecule has 0 aliphatic carbocycles. The van der Waals surface area contributed by atoms with Gasteiger partial charge in [-0.05, 0) is 48.9 Å². The molecule has 0 aromatic heterocycles. The minimum Gasteiger partial charge on any atom is -0.489 e. The van der Waals surface area contributed by atoms with E-state index in [0.717, 1.165) is 24.1 Å². The molecule has 0 heterocycles. The molecule has 0 aliphatic heterocycles.